The second-order valence-electron chi connectivity index (χ2n) is 9.62. The first kappa shape index (κ1) is 27.4. The number of nitrogens with zero attached hydrogens (tertiary/aromatic N) is 1. The van der Waals surface area contributed by atoms with Crippen molar-refractivity contribution in [3.63, 3.8) is 0 Å². The molecule has 0 bridgehead atoms. The van der Waals surface area contributed by atoms with Gasteiger partial charge < -0.3 is 19.5 Å². The van der Waals surface area contributed by atoms with Gasteiger partial charge in [-0.15, -0.1) is 11.8 Å². The third-order valence-electron chi connectivity index (χ3n) is 6.29. The smallest absolute Gasteiger partial charge is 0.341 e. The molecule has 0 aromatic heterocycles. The minimum absolute atomic E-state index is 0.0221. The molecule has 7 nitrogen and oxygen atoms in total. The number of hydrogen-bond donors (Lipinski definition) is 1. The molecule has 0 saturated heterocycles. The van der Waals surface area contributed by atoms with Crippen LogP contribution in [0.2, 0.25) is 0 Å². The normalized spacial score (nSPS) is 20.9. The molecule has 0 fully saturated rings. The molecule has 0 radical (unpaired) electrons. The molecule has 0 saturated carbocycles. The molecule has 0 spiro atoms. The van der Waals surface area contributed by atoms with Crippen molar-refractivity contribution in [3.05, 3.63) is 42.5 Å². The van der Waals surface area contributed by atoms with Crippen molar-refractivity contribution in [2.75, 3.05) is 37.2 Å². The zero-order valence-electron chi connectivity index (χ0n) is 21.0. The van der Waals surface area contributed by atoms with Gasteiger partial charge in [0.25, 0.3) is 0 Å². The number of anilines is 2. The summed E-state index contributed by atoms with van der Waals surface area (Å²) in [4.78, 5) is 14.9. The number of para-hydroxylation sites is 1. The molecule has 192 valence electrons. The number of fused-ring (bicyclic) bond motifs is 1. The Hall–Kier alpha value is -2.23. The number of hydrogen-bond acceptors (Lipinski definition) is 8. The van der Waals surface area contributed by atoms with Gasteiger partial charge in [0, 0.05) is 18.3 Å². The van der Waals surface area contributed by atoms with Gasteiger partial charge in [-0.3, -0.25) is 0 Å². The van der Waals surface area contributed by atoms with Crippen LogP contribution in [0.15, 0.2) is 52.3 Å². The second kappa shape index (κ2) is 10.8. The summed E-state index contributed by atoms with van der Waals surface area (Å²) in [5.41, 5.74) is -0.792. The molecule has 35 heavy (non-hydrogen) atoms. The van der Waals surface area contributed by atoms with Gasteiger partial charge >= 0.3 is 5.97 Å². The van der Waals surface area contributed by atoms with Crippen LogP contribution in [-0.2, 0) is 19.4 Å². The van der Waals surface area contributed by atoms with Gasteiger partial charge in [-0.1, -0.05) is 44.9 Å². The van der Waals surface area contributed by atoms with Gasteiger partial charge in [0.15, 0.2) is 15.4 Å². The molecule has 2 aromatic rings. The summed E-state index contributed by atoms with van der Waals surface area (Å²) in [6.07, 6.45) is 4.60. The predicted molar refractivity (Wildman–Crippen MR) is 139 cm³/mol. The van der Waals surface area contributed by atoms with E-state index in [1.54, 1.807) is 0 Å². The van der Waals surface area contributed by atoms with Crippen LogP contribution >= 0.6 is 11.8 Å². The SMILES string of the molecule is CCCC[C@]1(C)CN(c2ccccc2)c2cc(SC)c(OC[C@@](C)(O)C(=O)OC)cc2S(=O)(=O)C1. The van der Waals surface area contributed by atoms with Crippen molar-refractivity contribution in [2.45, 2.75) is 55.4 Å². The number of thioether (sulfide) groups is 1. The molecule has 3 rings (SSSR count). The summed E-state index contributed by atoms with van der Waals surface area (Å²) in [5.74, 6) is -0.504. The monoisotopic (exact) mass is 521 g/mol. The average Bonchev–Trinajstić information content (AvgIpc) is 2.92. The maximum Gasteiger partial charge on any atom is 0.341 e. The topological polar surface area (TPSA) is 93.1 Å². The highest BCUT2D eigenvalue weighted by Crippen LogP contribution is 2.46. The van der Waals surface area contributed by atoms with Gasteiger partial charge in [0.2, 0.25) is 0 Å². The summed E-state index contributed by atoms with van der Waals surface area (Å²) in [6.45, 7) is 5.64. The van der Waals surface area contributed by atoms with Crippen LogP contribution in [0.25, 0.3) is 0 Å². The Bertz CT molecular complexity index is 1150. The lowest BCUT2D eigenvalue weighted by molar-refractivity contribution is -0.163. The fraction of sp³-hybridized carbons (Fsp3) is 0.500. The van der Waals surface area contributed by atoms with E-state index in [0.717, 1.165) is 24.9 Å². The summed E-state index contributed by atoms with van der Waals surface area (Å²) in [6, 6.07) is 13.2. The van der Waals surface area contributed by atoms with E-state index in [2.05, 4.69) is 16.6 Å². The molecule has 2 aromatic carbocycles. The van der Waals surface area contributed by atoms with Crippen LogP contribution in [-0.4, -0.2) is 57.4 Å². The summed E-state index contributed by atoms with van der Waals surface area (Å²) < 4.78 is 37.9. The first-order valence-corrected chi connectivity index (χ1v) is 14.5. The van der Waals surface area contributed by atoms with Crippen molar-refractivity contribution < 1.29 is 27.8 Å². The van der Waals surface area contributed by atoms with Crippen molar-refractivity contribution >= 4 is 38.9 Å². The van der Waals surface area contributed by atoms with Gasteiger partial charge in [0.05, 0.1) is 28.3 Å². The Morgan fingerprint density at radius 1 is 1.26 bits per heavy atom. The molecule has 2 atom stereocenters. The number of carbonyl (C=O) groups is 1. The number of sulfone groups is 1. The Balaban J connectivity index is 2.14. The molecule has 1 aliphatic rings. The van der Waals surface area contributed by atoms with Crippen LogP contribution < -0.4 is 9.64 Å². The first-order valence-electron chi connectivity index (χ1n) is 11.7. The van der Waals surface area contributed by atoms with Gasteiger partial charge in [0.1, 0.15) is 12.4 Å². The van der Waals surface area contributed by atoms with Crippen LogP contribution in [0, 0.1) is 5.41 Å². The summed E-state index contributed by atoms with van der Waals surface area (Å²) in [7, 11) is -2.48. The Morgan fingerprint density at radius 3 is 2.54 bits per heavy atom. The average molecular weight is 522 g/mol. The second-order valence-corrected chi connectivity index (χ2v) is 12.4. The Morgan fingerprint density at radius 2 is 1.94 bits per heavy atom. The quantitative estimate of drug-likeness (QED) is 0.370. The molecule has 0 aliphatic carbocycles. The number of aliphatic hydroxyl groups is 1. The number of benzene rings is 2. The third-order valence-corrected chi connectivity index (χ3v) is 9.12. The van der Waals surface area contributed by atoms with E-state index in [4.69, 9.17) is 4.74 Å². The number of rotatable bonds is 9. The maximum atomic E-state index is 13.7. The maximum absolute atomic E-state index is 13.7. The van der Waals surface area contributed by atoms with E-state index in [9.17, 15) is 18.3 Å². The van der Waals surface area contributed by atoms with Crippen LogP contribution in [0.1, 0.15) is 40.0 Å². The van der Waals surface area contributed by atoms with Gasteiger partial charge in [-0.05, 0) is 43.2 Å². The lowest BCUT2D eigenvalue weighted by Gasteiger charge is -2.34. The van der Waals surface area contributed by atoms with Crippen molar-refractivity contribution in [1.29, 1.82) is 0 Å². The highest BCUT2D eigenvalue weighted by Gasteiger charge is 2.40. The number of esters is 1. The molecule has 1 N–H and O–H groups in total. The number of ether oxygens (including phenoxy) is 2. The molecule has 1 aliphatic heterocycles. The van der Waals surface area contributed by atoms with Crippen molar-refractivity contribution in [3.8, 4) is 5.75 Å². The Kier molecular flexibility index (Phi) is 8.44. The number of unbranched alkanes of at least 4 members (excludes halogenated alkanes) is 1. The van der Waals surface area contributed by atoms with E-state index < -0.39 is 26.8 Å². The van der Waals surface area contributed by atoms with E-state index in [1.807, 2.05) is 49.6 Å². The predicted octanol–water partition coefficient (Wildman–Crippen LogP) is 4.83. The summed E-state index contributed by atoms with van der Waals surface area (Å²) in [5, 5.41) is 10.4. The molecule has 9 heteroatoms. The lowest BCUT2D eigenvalue weighted by Crippen LogP contribution is -2.42. The zero-order valence-corrected chi connectivity index (χ0v) is 22.7. The fourth-order valence-corrected chi connectivity index (χ4v) is 7.03. The standard InChI is InChI=1S/C26H35NO6S2/c1-6-7-13-25(2)16-27(19-11-9-8-10-12-19)20-14-22(34-5)21(15-23(20)35(30,31)18-25)33-17-26(3,29)24(28)32-4/h8-12,14-15,29H,6-7,13,16-18H2,1-5H3/t25-,26-/m1/s1. The van der Waals surface area contributed by atoms with Crippen LogP contribution in [0.5, 0.6) is 5.75 Å². The lowest BCUT2D eigenvalue weighted by atomic mass is 9.86. The Labute approximate surface area is 212 Å². The molecule has 1 heterocycles. The van der Waals surface area contributed by atoms with Crippen LogP contribution in [0.4, 0.5) is 11.4 Å². The minimum Gasteiger partial charge on any atom is -0.489 e. The molecular weight excluding hydrogens is 486 g/mol. The van der Waals surface area contributed by atoms with E-state index in [-0.39, 0.29) is 17.3 Å². The van der Waals surface area contributed by atoms with Crippen LogP contribution in [0.3, 0.4) is 0 Å². The minimum atomic E-state index is -3.66. The van der Waals surface area contributed by atoms with E-state index in [1.165, 1.54) is 31.9 Å². The highest BCUT2D eigenvalue weighted by molar-refractivity contribution is 7.98. The largest absolute Gasteiger partial charge is 0.489 e. The first-order chi connectivity index (χ1) is 16.5. The summed E-state index contributed by atoms with van der Waals surface area (Å²) >= 11 is 1.41. The molecule has 0 unspecified atom stereocenters. The molecular formula is C26H35NO6S2. The third kappa shape index (κ3) is 6.13. The van der Waals surface area contributed by atoms with Gasteiger partial charge in [-0.2, -0.15) is 0 Å². The van der Waals surface area contributed by atoms with Crippen molar-refractivity contribution in [2.24, 2.45) is 5.41 Å². The number of carbonyl (C=O) groups excluding carboxylic acids is 1. The zero-order chi connectivity index (χ0) is 25.9. The van der Waals surface area contributed by atoms with E-state index in [0.29, 0.717) is 22.9 Å². The van der Waals surface area contributed by atoms with Crippen molar-refractivity contribution in [1.82, 2.24) is 0 Å². The molecule has 0 amide bonds. The fourth-order valence-electron chi connectivity index (χ4n) is 4.40. The van der Waals surface area contributed by atoms with E-state index >= 15 is 0 Å². The number of methoxy groups -OCH3 is 1. The van der Waals surface area contributed by atoms with Gasteiger partial charge in [-0.25, -0.2) is 13.2 Å². The highest BCUT2D eigenvalue weighted by atomic mass is 32.2.